The average molecular weight is 268 g/mol. The zero-order chi connectivity index (χ0) is 13.8. The molecule has 0 fully saturated rings. The number of aromatic nitrogens is 1. The van der Waals surface area contributed by atoms with E-state index in [9.17, 15) is 0 Å². The van der Waals surface area contributed by atoms with E-state index in [0.717, 1.165) is 17.7 Å². The molecule has 1 atom stereocenters. The van der Waals surface area contributed by atoms with Crippen molar-refractivity contribution in [3.05, 3.63) is 59.4 Å². The predicted molar refractivity (Wildman–Crippen MR) is 79.7 cm³/mol. The highest BCUT2D eigenvalue weighted by Gasteiger charge is 2.14. The van der Waals surface area contributed by atoms with Gasteiger partial charge in [0.2, 0.25) is 0 Å². The van der Waals surface area contributed by atoms with Gasteiger partial charge in [-0.1, -0.05) is 12.1 Å². The Morgan fingerprint density at radius 3 is 2.75 bits per heavy atom. The van der Waals surface area contributed by atoms with Crippen molar-refractivity contribution in [2.75, 3.05) is 6.54 Å². The highest BCUT2D eigenvalue weighted by molar-refractivity contribution is 5.37. The summed E-state index contributed by atoms with van der Waals surface area (Å²) in [4.78, 5) is 4.13. The highest BCUT2D eigenvalue weighted by Crippen LogP contribution is 2.27. The Kier molecular flexibility index (Phi) is 3.97. The van der Waals surface area contributed by atoms with E-state index in [1.54, 1.807) is 6.20 Å². The minimum Gasteiger partial charge on any atom is -0.484 e. The number of rotatable bonds is 4. The molecule has 3 heteroatoms. The molecule has 1 heterocycles. The molecule has 0 aliphatic heterocycles. The van der Waals surface area contributed by atoms with Crippen LogP contribution in [0.1, 0.15) is 35.6 Å². The Morgan fingerprint density at radius 1 is 1.15 bits per heavy atom. The quantitative estimate of drug-likeness (QED) is 0.927. The van der Waals surface area contributed by atoms with E-state index in [1.807, 2.05) is 18.3 Å². The predicted octanol–water partition coefficient (Wildman–Crippen LogP) is 3.04. The number of pyridine rings is 1. The van der Waals surface area contributed by atoms with Gasteiger partial charge in [-0.05, 0) is 55.0 Å². The lowest BCUT2D eigenvalue weighted by Crippen LogP contribution is -2.18. The van der Waals surface area contributed by atoms with E-state index in [1.165, 1.54) is 30.4 Å². The summed E-state index contributed by atoms with van der Waals surface area (Å²) >= 11 is 0. The molecule has 1 aliphatic carbocycles. The Labute approximate surface area is 119 Å². The molecule has 0 bridgehead atoms. The van der Waals surface area contributed by atoms with Gasteiger partial charge in [0.15, 0.2) is 0 Å². The van der Waals surface area contributed by atoms with Crippen LogP contribution in [-0.2, 0) is 12.8 Å². The Morgan fingerprint density at radius 2 is 2.00 bits per heavy atom. The summed E-state index contributed by atoms with van der Waals surface area (Å²) in [6, 6.07) is 10.3. The van der Waals surface area contributed by atoms with Crippen LogP contribution in [0.2, 0.25) is 0 Å². The molecule has 0 spiro atoms. The standard InChI is InChI=1S/C17H20N2O/c18-11-17(15-6-3-9-19-12-15)20-16-8-7-13-4-1-2-5-14(13)10-16/h3,6-10,12,17H,1-2,4-5,11,18H2. The molecule has 3 nitrogen and oxygen atoms in total. The van der Waals surface area contributed by atoms with Crippen LogP contribution in [-0.4, -0.2) is 11.5 Å². The third-order valence-electron chi connectivity index (χ3n) is 3.87. The van der Waals surface area contributed by atoms with Crippen LogP contribution in [0.3, 0.4) is 0 Å². The number of hydrogen-bond donors (Lipinski definition) is 1. The molecule has 1 aromatic carbocycles. The molecule has 20 heavy (non-hydrogen) atoms. The van der Waals surface area contributed by atoms with Crippen LogP contribution in [0.4, 0.5) is 0 Å². The second-order valence-corrected chi connectivity index (χ2v) is 5.27. The maximum atomic E-state index is 6.05. The molecule has 1 aromatic heterocycles. The number of fused-ring (bicyclic) bond motifs is 1. The van der Waals surface area contributed by atoms with Crippen molar-refractivity contribution in [1.29, 1.82) is 0 Å². The maximum Gasteiger partial charge on any atom is 0.137 e. The van der Waals surface area contributed by atoms with Gasteiger partial charge >= 0.3 is 0 Å². The van der Waals surface area contributed by atoms with Crippen molar-refractivity contribution in [3.63, 3.8) is 0 Å². The monoisotopic (exact) mass is 268 g/mol. The van der Waals surface area contributed by atoms with Crippen LogP contribution in [0.15, 0.2) is 42.7 Å². The third-order valence-corrected chi connectivity index (χ3v) is 3.87. The van der Waals surface area contributed by atoms with Crippen LogP contribution < -0.4 is 10.5 Å². The van der Waals surface area contributed by atoms with E-state index < -0.39 is 0 Å². The first kappa shape index (κ1) is 13.1. The Hall–Kier alpha value is -1.87. The number of ether oxygens (including phenoxy) is 1. The summed E-state index contributed by atoms with van der Waals surface area (Å²) in [5, 5.41) is 0. The zero-order valence-electron chi connectivity index (χ0n) is 11.6. The fraction of sp³-hybridized carbons (Fsp3) is 0.353. The fourth-order valence-electron chi connectivity index (χ4n) is 2.77. The van der Waals surface area contributed by atoms with Crippen LogP contribution in [0.25, 0.3) is 0 Å². The van der Waals surface area contributed by atoms with Crippen molar-refractivity contribution in [2.45, 2.75) is 31.8 Å². The van der Waals surface area contributed by atoms with E-state index in [0.29, 0.717) is 6.54 Å². The SMILES string of the molecule is NCC(Oc1ccc2c(c1)CCCC2)c1cccnc1. The molecule has 0 saturated carbocycles. The van der Waals surface area contributed by atoms with Crippen molar-refractivity contribution >= 4 is 0 Å². The molecule has 0 amide bonds. The van der Waals surface area contributed by atoms with E-state index in [2.05, 4.69) is 23.2 Å². The topological polar surface area (TPSA) is 48.1 Å². The summed E-state index contributed by atoms with van der Waals surface area (Å²) in [6.07, 6.45) is 8.37. The highest BCUT2D eigenvalue weighted by atomic mass is 16.5. The number of nitrogens with zero attached hydrogens (tertiary/aromatic N) is 1. The number of nitrogens with two attached hydrogens (primary N) is 1. The van der Waals surface area contributed by atoms with Gasteiger partial charge < -0.3 is 10.5 Å². The zero-order valence-corrected chi connectivity index (χ0v) is 11.6. The molecule has 2 N–H and O–H groups in total. The van der Waals surface area contributed by atoms with Crippen molar-refractivity contribution in [1.82, 2.24) is 4.98 Å². The first-order valence-corrected chi connectivity index (χ1v) is 7.25. The summed E-state index contributed by atoms with van der Waals surface area (Å²) in [7, 11) is 0. The van der Waals surface area contributed by atoms with Gasteiger partial charge in [-0.15, -0.1) is 0 Å². The molecular weight excluding hydrogens is 248 g/mol. The average Bonchev–Trinajstić information content (AvgIpc) is 2.53. The minimum absolute atomic E-state index is 0.134. The second kappa shape index (κ2) is 6.06. The first-order valence-electron chi connectivity index (χ1n) is 7.25. The van der Waals surface area contributed by atoms with E-state index in [4.69, 9.17) is 10.5 Å². The number of benzene rings is 1. The lowest BCUT2D eigenvalue weighted by Gasteiger charge is -2.20. The Balaban J connectivity index is 1.79. The van der Waals surface area contributed by atoms with Gasteiger partial charge in [-0.3, -0.25) is 4.98 Å². The van der Waals surface area contributed by atoms with Crippen LogP contribution >= 0.6 is 0 Å². The number of aryl methyl sites for hydroxylation is 2. The molecule has 3 rings (SSSR count). The van der Waals surface area contributed by atoms with E-state index in [-0.39, 0.29) is 6.10 Å². The molecule has 2 aromatic rings. The van der Waals surface area contributed by atoms with Gasteiger partial charge in [-0.25, -0.2) is 0 Å². The lowest BCUT2D eigenvalue weighted by molar-refractivity contribution is 0.213. The molecular formula is C17H20N2O. The van der Waals surface area contributed by atoms with Crippen molar-refractivity contribution in [2.24, 2.45) is 5.73 Å². The third kappa shape index (κ3) is 2.83. The van der Waals surface area contributed by atoms with Gasteiger partial charge in [0.1, 0.15) is 11.9 Å². The molecule has 0 saturated heterocycles. The van der Waals surface area contributed by atoms with Gasteiger partial charge in [-0.2, -0.15) is 0 Å². The van der Waals surface area contributed by atoms with E-state index >= 15 is 0 Å². The van der Waals surface area contributed by atoms with Crippen LogP contribution in [0, 0.1) is 0 Å². The second-order valence-electron chi connectivity index (χ2n) is 5.27. The Bertz CT molecular complexity index is 568. The summed E-state index contributed by atoms with van der Waals surface area (Å²) < 4.78 is 6.05. The molecule has 104 valence electrons. The van der Waals surface area contributed by atoms with Crippen molar-refractivity contribution < 1.29 is 4.74 Å². The first-order chi connectivity index (χ1) is 9.86. The van der Waals surface area contributed by atoms with Crippen molar-refractivity contribution in [3.8, 4) is 5.75 Å². The van der Waals surface area contributed by atoms with Gasteiger partial charge in [0.05, 0.1) is 0 Å². The van der Waals surface area contributed by atoms with Gasteiger partial charge in [0.25, 0.3) is 0 Å². The normalized spacial score (nSPS) is 15.4. The number of hydrogen-bond acceptors (Lipinski definition) is 3. The molecule has 0 radical (unpaired) electrons. The summed E-state index contributed by atoms with van der Waals surface area (Å²) in [5.74, 6) is 0.907. The fourth-order valence-corrected chi connectivity index (χ4v) is 2.77. The maximum absolute atomic E-state index is 6.05. The van der Waals surface area contributed by atoms with Crippen LogP contribution in [0.5, 0.6) is 5.75 Å². The largest absolute Gasteiger partial charge is 0.484 e. The summed E-state index contributed by atoms with van der Waals surface area (Å²) in [5.41, 5.74) is 9.75. The molecule has 1 unspecified atom stereocenters. The molecule has 1 aliphatic rings. The lowest BCUT2D eigenvalue weighted by atomic mass is 9.92. The van der Waals surface area contributed by atoms with Gasteiger partial charge in [0, 0.05) is 24.5 Å². The minimum atomic E-state index is -0.134. The smallest absolute Gasteiger partial charge is 0.137 e. The summed E-state index contributed by atoms with van der Waals surface area (Å²) in [6.45, 7) is 0.447.